The summed E-state index contributed by atoms with van der Waals surface area (Å²) >= 11 is 0. The standard InChI is InChI=1S/C52H89N3O16P2/c1-4-5-6-7-8-9-10-13-17-20-23-26-29-33-43(56)34-31-36-48(58)69-44(39-66-47(57)35-30-27-24-21-18-15-12-11-14-16-19-22-25-28-32-42(2)3)40-67-72(62,63)71-73(64,65)68-41-45-49(59)50(60)51(70-45)55-38-37-46(53)54-52(55)61/h8-9,13,17,23,26,29,33,37-38,42-45,49-51,56,59-60H,4-7,10-12,14-16,18-22,24-25,27-28,30-32,34-36,39-41H2,1-3H3,(H,62,63)(H,64,65)(H2,53,54,61)/b9-8-,17-13-,26-23-,33-29+/t43-,44+,45+,49+,50+,51+/m0/s1. The van der Waals surface area contributed by atoms with E-state index in [1.165, 1.54) is 89.5 Å². The maximum atomic E-state index is 12.9. The Morgan fingerprint density at radius 3 is 1.97 bits per heavy atom. The molecule has 1 aromatic rings. The first-order chi connectivity index (χ1) is 34.9. The molecule has 418 valence electrons. The van der Waals surface area contributed by atoms with Crippen LogP contribution in [-0.2, 0) is 46.3 Å². The van der Waals surface area contributed by atoms with Crippen LogP contribution < -0.4 is 11.4 Å². The fourth-order valence-electron chi connectivity index (χ4n) is 7.78. The molecule has 8 atom stereocenters. The third-order valence-corrected chi connectivity index (χ3v) is 14.6. The molecule has 2 heterocycles. The lowest BCUT2D eigenvalue weighted by Crippen LogP contribution is -2.36. The van der Waals surface area contributed by atoms with Crippen molar-refractivity contribution in [2.24, 2.45) is 5.92 Å². The SMILES string of the molecule is CCCCC/C=C\C/C=C\C/C=C\C=C\[C@H](O)CCCC(=O)O[C@H](COC(=O)CCCCCCCCCCCCCCCCC(C)C)COP(=O)(O)OP(=O)(O)OC[C@H]1O[C@@H](n2ccc(N)nc2=O)[C@H](O)[C@@H]1O. The van der Waals surface area contributed by atoms with Gasteiger partial charge in [-0.15, -0.1) is 0 Å². The van der Waals surface area contributed by atoms with Crippen LogP contribution in [0.1, 0.15) is 188 Å². The Bertz CT molecular complexity index is 1940. The maximum Gasteiger partial charge on any atom is 0.481 e. The first kappa shape index (κ1) is 65.8. The van der Waals surface area contributed by atoms with Crippen LogP contribution in [0.3, 0.4) is 0 Å². The number of nitrogens with two attached hydrogens (primary N) is 1. The highest BCUT2D eigenvalue weighted by Crippen LogP contribution is 2.60. The summed E-state index contributed by atoms with van der Waals surface area (Å²) in [6, 6.07) is 1.24. The Labute approximate surface area is 433 Å². The molecule has 1 aliphatic rings. The number of carbonyl (C=O) groups is 2. The van der Waals surface area contributed by atoms with E-state index in [9.17, 15) is 48.6 Å². The van der Waals surface area contributed by atoms with Crippen molar-refractivity contribution in [1.29, 1.82) is 0 Å². The number of rotatable bonds is 43. The highest BCUT2D eigenvalue weighted by molar-refractivity contribution is 7.61. The Kier molecular flexibility index (Phi) is 35.3. The molecule has 2 rings (SSSR count). The van der Waals surface area contributed by atoms with Crippen molar-refractivity contribution in [3.8, 4) is 0 Å². The fraction of sp³-hybridized carbons (Fsp3) is 0.731. The number of nitrogens with zero attached hydrogens (tertiary/aromatic N) is 2. The van der Waals surface area contributed by atoms with E-state index >= 15 is 0 Å². The van der Waals surface area contributed by atoms with Gasteiger partial charge in [0, 0.05) is 19.0 Å². The molecule has 0 amide bonds. The molecule has 21 heteroatoms. The molecule has 0 spiro atoms. The molecule has 0 saturated carbocycles. The third-order valence-electron chi connectivity index (χ3n) is 11.9. The highest BCUT2D eigenvalue weighted by Gasteiger charge is 2.46. The quantitative estimate of drug-likeness (QED) is 0.0117. The van der Waals surface area contributed by atoms with E-state index in [0.717, 1.165) is 61.6 Å². The molecule has 0 aromatic carbocycles. The van der Waals surface area contributed by atoms with Gasteiger partial charge in [0.05, 0.1) is 19.3 Å². The number of nitrogen functional groups attached to an aromatic ring is 1. The number of allylic oxidation sites excluding steroid dienone is 7. The maximum absolute atomic E-state index is 12.9. The first-order valence-corrected chi connectivity index (χ1v) is 29.6. The molecule has 0 radical (unpaired) electrons. The lowest BCUT2D eigenvalue weighted by atomic mass is 10.0. The fourth-order valence-corrected chi connectivity index (χ4v) is 9.89. The van der Waals surface area contributed by atoms with Crippen molar-refractivity contribution in [2.75, 3.05) is 25.6 Å². The van der Waals surface area contributed by atoms with Crippen molar-refractivity contribution in [1.82, 2.24) is 9.55 Å². The third kappa shape index (κ3) is 32.7. The second-order valence-electron chi connectivity index (χ2n) is 19.1. The number of phosphoric acid groups is 2. The number of anilines is 1. The summed E-state index contributed by atoms with van der Waals surface area (Å²) in [4.78, 5) is 62.0. The molecule has 0 aliphatic carbocycles. The largest absolute Gasteiger partial charge is 0.481 e. The number of esters is 2. The number of hydrogen-bond donors (Lipinski definition) is 6. The molecule has 7 N–H and O–H groups in total. The van der Waals surface area contributed by atoms with Gasteiger partial charge in [0.25, 0.3) is 0 Å². The first-order valence-electron chi connectivity index (χ1n) is 26.6. The summed E-state index contributed by atoms with van der Waals surface area (Å²) in [5, 5.41) is 31.3. The van der Waals surface area contributed by atoms with Gasteiger partial charge in [-0.2, -0.15) is 9.29 Å². The molecule has 1 aliphatic heterocycles. The lowest BCUT2D eigenvalue weighted by Gasteiger charge is -2.21. The number of aromatic nitrogens is 2. The zero-order valence-corrected chi connectivity index (χ0v) is 45.5. The number of aliphatic hydroxyl groups is 3. The number of ether oxygens (including phenoxy) is 3. The van der Waals surface area contributed by atoms with E-state index in [0.29, 0.717) is 6.42 Å². The number of hydrogen-bond acceptors (Lipinski definition) is 16. The molecule has 1 fully saturated rings. The van der Waals surface area contributed by atoms with Crippen molar-refractivity contribution in [3.05, 3.63) is 71.4 Å². The normalized spacial score (nSPS) is 19.8. The van der Waals surface area contributed by atoms with Crippen molar-refractivity contribution < 1.29 is 71.4 Å². The van der Waals surface area contributed by atoms with Gasteiger partial charge in [-0.1, -0.05) is 172 Å². The monoisotopic (exact) mass is 1070 g/mol. The number of aliphatic hydroxyl groups excluding tert-OH is 3. The van der Waals surface area contributed by atoms with Gasteiger partial charge in [0.1, 0.15) is 30.7 Å². The molecule has 0 bridgehead atoms. The predicted molar refractivity (Wildman–Crippen MR) is 281 cm³/mol. The van der Waals surface area contributed by atoms with Gasteiger partial charge in [-0.3, -0.25) is 23.2 Å². The highest BCUT2D eigenvalue weighted by atomic mass is 31.3. The van der Waals surface area contributed by atoms with Gasteiger partial charge in [-0.25, -0.2) is 13.9 Å². The molecular formula is C52H89N3O16P2. The summed E-state index contributed by atoms with van der Waals surface area (Å²) in [7, 11) is -10.9. The average molecular weight is 1070 g/mol. The Balaban J connectivity index is 1.84. The summed E-state index contributed by atoms with van der Waals surface area (Å²) in [6.45, 7) is 4.27. The van der Waals surface area contributed by atoms with Crippen LogP contribution in [0, 0.1) is 5.92 Å². The Hall–Kier alpha value is -3.32. The predicted octanol–water partition coefficient (Wildman–Crippen LogP) is 10.2. The van der Waals surface area contributed by atoms with E-state index in [2.05, 4.69) is 54.4 Å². The summed E-state index contributed by atoms with van der Waals surface area (Å²) in [5.41, 5.74) is 4.57. The van der Waals surface area contributed by atoms with Crippen LogP contribution >= 0.6 is 15.6 Å². The number of carbonyl (C=O) groups excluding carboxylic acids is 2. The topological polar surface area (TPSA) is 286 Å². The van der Waals surface area contributed by atoms with Crippen LogP contribution in [0.2, 0.25) is 0 Å². The number of phosphoric ester groups is 2. The minimum atomic E-state index is -5.47. The zero-order chi connectivity index (χ0) is 53.7. The second-order valence-corrected chi connectivity index (χ2v) is 22.1. The van der Waals surface area contributed by atoms with E-state index in [1.807, 2.05) is 12.2 Å². The average Bonchev–Trinajstić information content (AvgIpc) is 3.61. The van der Waals surface area contributed by atoms with Gasteiger partial charge in [0.15, 0.2) is 12.3 Å². The summed E-state index contributed by atoms with van der Waals surface area (Å²) < 4.78 is 56.7. The lowest BCUT2D eigenvalue weighted by molar-refractivity contribution is -0.161. The molecule has 1 saturated heterocycles. The van der Waals surface area contributed by atoms with Crippen LogP contribution in [0.4, 0.5) is 5.82 Å². The van der Waals surface area contributed by atoms with Crippen LogP contribution in [0.15, 0.2) is 65.7 Å². The van der Waals surface area contributed by atoms with Gasteiger partial charge in [0.2, 0.25) is 0 Å². The molecular weight excluding hydrogens is 985 g/mol. The minimum Gasteiger partial charge on any atom is -0.462 e. The van der Waals surface area contributed by atoms with Crippen molar-refractivity contribution in [2.45, 2.75) is 218 Å². The Morgan fingerprint density at radius 2 is 1.34 bits per heavy atom. The summed E-state index contributed by atoms with van der Waals surface area (Å²) in [6.07, 6.45) is 32.2. The number of unbranched alkanes of at least 4 members (excludes halogenated alkanes) is 16. The van der Waals surface area contributed by atoms with E-state index in [4.69, 9.17) is 29.0 Å². The smallest absolute Gasteiger partial charge is 0.462 e. The minimum absolute atomic E-state index is 0.0879. The van der Waals surface area contributed by atoms with Gasteiger partial charge < -0.3 is 45.1 Å². The molecule has 2 unspecified atom stereocenters. The van der Waals surface area contributed by atoms with Crippen LogP contribution in [0.25, 0.3) is 0 Å². The zero-order valence-electron chi connectivity index (χ0n) is 43.7. The molecule has 1 aromatic heterocycles. The van der Waals surface area contributed by atoms with E-state index < -0.39 is 89.8 Å². The van der Waals surface area contributed by atoms with Crippen molar-refractivity contribution in [3.63, 3.8) is 0 Å². The van der Waals surface area contributed by atoms with Crippen LogP contribution in [0.5, 0.6) is 0 Å². The van der Waals surface area contributed by atoms with Crippen LogP contribution in [-0.4, -0.2) is 96.9 Å². The second kappa shape index (κ2) is 39.1. The van der Waals surface area contributed by atoms with Gasteiger partial charge >= 0.3 is 33.3 Å². The molecule has 73 heavy (non-hydrogen) atoms. The van der Waals surface area contributed by atoms with Crippen molar-refractivity contribution >= 4 is 33.4 Å². The summed E-state index contributed by atoms with van der Waals surface area (Å²) in [5.74, 6) is -0.715. The Morgan fingerprint density at radius 1 is 0.753 bits per heavy atom. The van der Waals surface area contributed by atoms with E-state index in [-0.39, 0.29) is 31.5 Å². The van der Waals surface area contributed by atoms with E-state index in [1.54, 1.807) is 12.2 Å². The molecule has 19 nitrogen and oxygen atoms in total. The van der Waals surface area contributed by atoms with Gasteiger partial charge in [-0.05, 0) is 56.9 Å².